The molecule has 0 bridgehead atoms. The quantitative estimate of drug-likeness (QED) is 0.749. The molecule has 3 aliphatic rings. The van der Waals surface area contributed by atoms with Gasteiger partial charge in [-0.05, 0) is 43.6 Å². The second-order valence-corrected chi connectivity index (χ2v) is 9.82. The van der Waals surface area contributed by atoms with E-state index in [9.17, 15) is 9.59 Å². The Balaban J connectivity index is 1.58. The number of esters is 1. The maximum absolute atomic E-state index is 12.5. The van der Waals surface area contributed by atoms with Gasteiger partial charge in [-0.3, -0.25) is 14.5 Å². The molecular formula is C22H37N3O3. The molecule has 0 saturated carbocycles. The fourth-order valence-corrected chi connectivity index (χ4v) is 4.97. The highest BCUT2D eigenvalue weighted by molar-refractivity contribution is 5.77. The predicted octanol–water partition coefficient (Wildman–Crippen LogP) is 2.54. The van der Waals surface area contributed by atoms with Gasteiger partial charge < -0.3 is 15.0 Å². The molecule has 1 amide bonds. The summed E-state index contributed by atoms with van der Waals surface area (Å²) in [7, 11) is 1.47. The number of piperidine rings is 1. The molecule has 6 heteroatoms. The number of carbonyl (C=O) groups excluding carboxylic acids is 2. The molecule has 0 aliphatic carbocycles. The smallest absolute Gasteiger partial charge is 0.310 e. The highest BCUT2D eigenvalue weighted by atomic mass is 16.5. The molecule has 0 aromatic heterocycles. The van der Waals surface area contributed by atoms with E-state index in [1.54, 1.807) is 0 Å². The normalized spacial score (nSPS) is 27.2. The van der Waals surface area contributed by atoms with E-state index in [4.69, 9.17) is 4.74 Å². The minimum atomic E-state index is -0.117. The molecule has 1 saturated heterocycles. The number of hydrogen-bond acceptors (Lipinski definition) is 5. The van der Waals surface area contributed by atoms with Crippen molar-refractivity contribution in [3.63, 3.8) is 0 Å². The number of methoxy groups -OCH3 is 1. The first-order valence-corrected chi connectivity index (χ1v) is 10.8. The molecule has 1 N–H and O–H groups in total. The number of hydrogen-bond donors (Lipinski definition) is 1. The van der Waals surface area contributed by atoms with Gasteiger partial charge >= 0.3 is 5.97 Å². The van der Waals surface area contributed by atoms with Crippen molar-refractivity contribution < 1.29 is 14.3 Å². The molecule has 3 rings (SSSR count). The van der Waals surface area contributed by atoms with E-state index in [0.717, 1.165) is 45.3 Å². The number of nitrogens with one attached hydrogen (secondary N) is 1. The molecule has 0 radical (unpaired) electrons. The van der Waals surface area contributed by atoms with Crippen LogP contribution in [0.15, 0.2) is 11.3 Å². The fourth-order valence-electron chi connectivity index (χ4n) is 4.97. The largest absolute Gasteiger partial charge is 0.469 e. The second-order valence-electron chi connectivity index (χ2n) is 9.82. The Morgan fingerprint density at radius 1 is 1.18 bits per heavy atom. The van der Waals surface area contributed by atoms with E-state index in [2.05, 4.69) is 42.8 Å². The first kappa shape index (κ1) is 21.2. The van der Waals surface area contributed by atoms with E-state index in [1.807, 2.05) is 0 Å². The summed E-state index contributed by atoms with van der Waals surface area (Å²) in [4.78, 5) is 29.2. The molecule has 6 nitrogen and oxygen atoms in total. The molecule has 3 heterocycles. The van der Waals surface area contributed by atoms with Gasteiger partial charge in [0.25, 0.3) is 0 Å². The molecule has 1 fully saturated rings. The summed E-state index contributed by atoms with van der Waals surface area (Å²) in [5.41, 5.74) is 2.75. The van der Waals surface area contributed by atoms with Gasteiger partial charge in [0.05, 0.1) is 13.0 Å². The van der Waals surface area contributed by atoms with Crippen molar-refractivity contribution in [2.24, 2.45) is 11.3 Å². The van der Waals surface area contributed by atoms with Crippen molar-refractivity contribution in [2.75, 3.05) is 33.3 Å². The molecule has 158 valence electrons. The topological polar surface area (TPSA) is 61.9 Å². The van der Waals surface area contributed by atoms with Crippen LogP contribution in [0.25, 0.3) is 0 Å². The number of rotatable bonds is 3. The van der Waals surface area contributed by atoms with Crippen LogP contribution in [0.5, 0.6) is 0 Å². The van der Waals surface area contributed by atoms with Crippen molar-refractivity contribution >= 4 is 11.9 Å². The van der Waals surface area contributed by atoms with Crippen LogP contribution in [0.1, 0.15) is 59.8 Å². The highest BCUT2D eigenvalue weighted by Gasteiger charge is 2.37. The summed E-state index contributed by atoms with van der Waals surface area (Å²) in [6.45, 7) is 12.1. The summed E-state index contributed by atoms with van der Waals surface area (Å²) < 4.78 is 4.96. The molecule has 2 atom stereocenters. The van der Waals surface area contributed by atoms with Crippen molar-refractivity contribution in [3.8, 4) is 0 Å². The Morgan fingerprint density at radius 2 is 1.86 bits per heavy atom. The summed E-state index contributed by atoms with van der Waals surface area (Å²) in [6, 6.07) is 0.853. The number of carbonyl (C=O) groups is 2. The Bertz CT molecular complexity index is 629. The summed E-state index contributed by atoms with van der Waals surface area (Å²) in [5, 5.41) is 3.48. The number of nitrogens with zero attached hydrogens (tertiary/aromatic N) is 2. The van der Waals surface area contributed by atoms with Gasteiger partial charge in [-0.1, -0.05) is 20.8 Å². The van der Waals surface area contributed by atoms with Gasteiger partial charge in [0, 0.05) is 50.4 Å². The van der Waals surface area contributed by atoms with E-state index >= 15 is 0 Å². The third-order valence-corrected chi connectivity index (χ3v) is 6.54. The van der Waals surface area contributed by atoms with Gasteiger partial charge in [-0.2, -0.15) is 0 Å². The zero-order valence-corrected chi connectivity index (χ0v) is 18.2. The molecule has 0 aromatic carbocycles. The van der Waals surface area contributed by atoms with E-state index in [0.29, 0.717) is 31.0 Å². The van der Waals surface area contributed by atoms with Crippen LogP contribution in [0, 0.1) is 11.3 Å². The average Bonchev–Trinajstić information content (AvgIpc) is 2.66. The van der Waals surface area contributed by atoms with Gasteiger partial charge in [0.15, 0.2) is 0 Å². The van der Waals surface area contributed by atoms with Crippen LogP contribution >= 0.6 is 0 Å². The predicted molar refractivity (Wildman–Crippen MR) is 110 cm³/mol. The van der Waals surface area contributed by atoms with Crippen molar-refractivity contribution in [1.82, 2.24) is 15.1 Å². The Kier molecular flexibility index (Phi) is 6.37. The Hall–Kier alpha value is -1.56. The zero-order valence-electron chi connectivity index (χ0n) is 18.2. The van der Waals surface area contributed by atoms with E-state index in [1.165, 1.54) is 18.4 Å². The fraction of sp³-hybridized carbons (Fsp3) is 0.818. The maximum Gasteiger partial charge on any atom is 0.310 e. The Morgan fingerprint density at radius 3 is 2.46 bits per heavy atom. The summed E-state index contributed by atoms with van der Waals surface area (Å²) in [5.74, 6) is 0.0945. The molecule has 28 heavy (non-hydrogen) atoms. The van der Waals surface area contributed by atoms with Crippen LogP contribution in [0.4, 0.5) is 0 Å². The third kappa shape index (κ3) is 4.70. The molecular weight excluding hydrogens is 354 g/mol. The lowest BCUT2D eigenvalue weighted by Gasteiger charge is -2.46. The second kappa shape index (κ2) is 8.44. The summed E-state index contributed by atoms with van der Waals surface area (Å²) in [6.07, 6.45) is 4.52. The minimum absolute atomic E-state index is 0.0440. The van der Waals surface area contributed by atoms with Crippen molar-refractivity contribution in [1.29, 1.82) is 0 Å². The first-order valence-electron chi connectivity index (χ1n) is 10.8. The highest BCUT2D eigenvalue weighted by Crippen LogP contribution is 2.34. The van der Waals surface area contributed by atoms with E-state index in [-0.39, 0.29) is 17.3 Å². The standard InChI is InChI=1S/C22H37N3O3/c1-15-18-12-16(21(27)28-5)14-23-19(18)8-11-25(15)17-6-9-24(10-7-17)20(26)13-22(2,3)4/h15-17,23H,6-14H2,1-5H3/t15-,16+/m1/s1. The number of ether oxygens (including phenoxy) is 1. The van der Waals surface area contributed by atoms with Gasteiger partial charge in [-0.15, -0.1) is 0 Å². The monoisotopic (exact) mass is 391 g/mol. The van der Waals surface area contributed by atoms with Crippen LogP contribution in [-0.4, -0.2) is 67.0 Å². The molecule has 0 spiro atoms. The SMILES string of the molecule is COC(=O)[C@@H]1CNC2=C(C1)[C@@H](C)N(C1CCN(C(=O)CC(C)(C)C)CC1)CC2. The van der Waals surface area contributed by atoms with Crippen LogP contribution in [0.3, 0.4) is 0 Å². The van der Waals surface area contributed by atoms with Crippen LogP contribution < -0.4 is 5.32 Å². The number of likely N-dealkylation sites (tertiary alicyclic amines) is 1. The van der Waals surface area contributed by atoms with E-state index < -0.39 is 0 Å². The average molecular weight is 392 g/mol. The Labute approximate surface area is 169 Å². The van der Waals surface area contributed by atoms with Crippen molar-refractivity contribution in [3.05, 3.63) is 11.3 Å². The lowest BCUT2D eigenvalue weighted by Crippen LogP contribution is -2.54. The summed E-state index contributed by atoms with van der Waals surface area (Å²) >= 11 is 0. The van der Waals surface area contributed by atoms with Crippen molar-refractivity contribution in [2.45, 2.75) is 71.9 Å². The first-order chi connectivity index (χ1) is 13.2. The zero-order chi connectivity index (χ0) is 20.5. The molecule has 0 aromatic rings. The van der Waals surface area contributed by atoms with Gasteiger partial charge in [0.1, 0.15) is 0 Å². The van der Waals surface area contributed by atoms with Crippen LogP contribution in [0.2, 0.25) is 0 Å². The number of amides is 1. The molecule has 3 aliphatic heterocycles. The lowest BCUT2D eigenvalue weighted by atomic mass is 9.84. The van der Waals surface area contributed by atoms with Crippen LogP contribution in [-0.2, 0) is 14.3 Å². The maximum atomic E-state index is 12.5. The lowest BCUT2D eigenvalue weighted by molar-refractivity contribution is -0.145. The van der Waals surface area contributed by atoms with Gasteiger partial charge in [0.2, 0.25) is 5.91 Å². The van der Waals surface area contributed by atoms with Gasteiger partial charge in [-0.25, -0.2) is 0 Å². The third-order valence-electron chi connectivity index (χ3n) is 6.54. The minimum Gasteiger partial charge on any atom is -0.469 e. The molecule has 0 unspecified atom stereocenters.